The molecule has 1 aromatic carbocycles. The zero-order chi connectivity index (χ0) is 18.1. The minimum Gasteiger partial charge on any atom is -0.274 e. The van der Waals surface area contributed by atoms with E-state index >= 15 is 0 Å². The van der Waals surface area contributed by atoms with Crippen molar-refractivity contribution in [3.05, 3.63) is 58.3 Å². The fourth-order valence-electron chi connectivity index (χ4n) is 3.48. The lowest BCUT2D eigenvalue weighted by atomic mass is 9.86. The molecule has 26 heavy (non-hydrogen) atoms. The number of thioether (sulfide) groups is 1. The van der Waals surface area contributed by atoms with Gasteiger partial charge in [0.15, 0.2) is 11.6 Å². The Labute approximate surface area is 152 Å². The summed E-state index contributed by atoms with van der Waals surface area (Å²) in [6.07, 6.45) is 6.79. The minimum atomic E-state index is -0.861. The lowest BCUT2D eigenvalue weighted by molar-refractivity contribution is 0.346. The summed E-state index contributed by atoms with van der Waals surface area (Å²) in [5.41, 5.74) is -0.252. The van der Waals surface area contributed by atoms with Gasteiger partial charge in [-0.25, -0.2) is 13.8 Å². The molecule has 0 saturated heterocycles. The monoisotopic (exact) mass is 376 g/mol. The van der Waals surface area contributed by atoms with Crippen LogP contribution in [0.15, 0.2) is 40.2 Å². The van der Waals surface area contributed by atoms with E-state index in [1.807, 2.05) is 0 Å². The number of benzene rings is 1. The van der Waals surface area contributed by atoms with Gasteiger partial charge in [-0.15, -0.1) is 11.8 Å². The van der Waals surface area contributed by atoms with Crippen molar-refractivity contribution in [2.75, 3.05) is 0 Å². The molecular weight excluding hydrogens is 358 g/mol. The molecule has 136 valence electrons. The second-order valence-electron chi connectivity index (χ2n) is 6.52. The Bertz CT molecular complexity index is 981. The van der Waals surface area contributed by atoms with Crippen LogP contribution < -0.4 is 5.56 Å². The highest BCUT2D eigenvalue weighted by Crippen LogP contribution is 2.46. The van der Waals surface area contributed by atoms with E-state index in [1.54, 1.807) is 6.07 Å². The number of nitrogens with one attached hydrogen (secondary N) is 1. The van der Waals surface area contributed by atoms with Gasteiger partial charge in [0.25, 0.3) is 11.3 Å². The zero-order valence-corrected chi connectivity index (χ0v) is 14.8. The van der Waals surface area contributed by atoms with Gasteiger partial charge in [-0.05, 0) is 30.9 Å². The minimum absolute atomic E-state index is 0.201. The topological polar surface area (TPSA) is 63.0 Å². The maximum absolute atomic E-state index is 14.2. The molecule has 2 aromatic heterocycles. The summed E-state index contributed by atoms with van der Waals surface area (Å²) in [4.78, 5) is 20.8. The molecule has 1 saturated carbocycles. The Morgan fingerprint density at radius 2 is 2.00 bits per heavy atom. The normalized spacial score (nSPS) is 16.8. The van der Waals surface area contributed by atoms with Gasteiger partial charge in [-0.1, -0.05) is 25.3 Å². The van der Waals surface area contributed by atoms with Gasteiger partial charge in [-0.3, -0.25) is 9.89 Å². The molecular formula is C18H18F2N4OS. The van der Waals surface area contributed by atoms with Crippen LogP contribution in [0.1, 0.15) is 43.2 Å². The highest BCUT2D eigenvalue weighted by molar-refractivity contribution is 7.99. The molecule has 0 radical (unpaired) electrons. The highest BCUT2D eigenvalue weighted by Gasteiger charge is 2.30. The quantitative estimate of drug-likeness (QED) is 0.696. The van der Waals surface area contributed by atoms with Crippen LogP contribution in [0, 0.1) is 17.6 Å². The summed E-state index contributed by atoms with van der Waals surface area (Å²) in [6.45, 7) is 0. The summed E-state index contributed by atoms with van der Waals surface area (Å²) in [5.74, 6) is -0.577. The van der Waals surface area contributed by atoms with Crippen molar-refractivity contribution in [3.63, 3.8) is 0 Å². The predicted molar refractivity (Wildman–Crippen MR) is 95.1 cm³/mol. The second kappa shape index (κ2) is 7.19. The van der Waals surface area contributed by atoms with Crippen LogP contribution >= 0.6 is 11.8 Å². The van der Waals surface area contributed by atoms with Gasteiger partial charge in [-0.2, -0.15) is 9.50 Å². The van der Waals surface area contributed by atoms with Crippen molar-refractivity contribution in [1.82, 2.24) is 19.6 Å². The van der Waals surface area contributed by atoms with Crippen molar-refractivity contribution in [2.24, 2.45) is 5.92 Å². The third-order valence-electron chi connectivity index (χ3n) is 4.79. The van der Waals surface area contributed by atoms with E-state index in [9.17, 15) is 13.6 Å². The molecule has 0 bridgehead atoms. The summed E-state index contributed by atoms with van der Waals surface area (Å²) >= 11 is 1.26. The number of fused-ring (bicyclic) bond motifs is 1. The lowest BCUT2D eigenvalue weighted by Gasteiger charge is -2.28. The molecule has 4 rings (SSSR count). The highest BCUT2D eigenvalue weighted by atomic mass is 32.2. The van der Waals surface area contributed by atoms with Crippen LogP contribution in [0.3, 0.4) is 0 Å². The molecule has 1 aliphatic rings. The van der Waals surface area contributed by atoms with E-state index < -0.39 is 11.6 Å². The number of hydrogen-bond acceptors (Lipinski definition) is 4. The molecule has 0 amide bonds. The largest absolute Gasteiger partial charge is 0.274 e. The zero-order valence-electron chi connectivity index (χ0n) is 14.0. The van der Waals surface area contributed by atoms with Crippen LogP contribution in [0.4, 0.5) is 8.78 Å². The Balaban J connectivity index is 1.75. The first-order valence-electron chi connectivity index (χ1n) is 8.68. The number of rotatable bonds is 4. The fourth-order valence-corrected chi connectivity index (χ4v) is 4.79. The van der Waals surface area contributed by atoms with Crippen LogP contribution in [-0.4, -0.2) is 19.6 Å². The molecule has 3 aromatic rings. The molecule has 1 fully saturated rings. The first-order valence-corrected chi connectivity index (χ1v) is 9.56. The molecule has 8 heteroatoms. The molecule has 1 aliphatic carbocycles. The van der Waals surface area contributed by atoms with Crippen molar-refractivity contribution in [3.8, 4) is 0 Å². The van der Waals surface area contributed by atoms with E-state index in [4.69, 9.17) is 0 Å². The van der Waals surface area contributed by atoms with Gasteiger partial charge in [0.2, 0.25) is 0 Å². The number of H-pyrrole nitrogens is 1. The third-order valence-corrected chi connectivity index (χ3v) is 6.22. The summed E-state index contributed by atoms with van der Waals surface area (Å²) < 4.78 is 29.1. The van der Waals surface area contributed by atoms with E-state index in [0.717, 1.165) is 31.7 Å². The standard InChI is InChI=1S/C18H18F2N4OS/c19-12-7-4-8-13(15(12)20)26-16(11-5-2-1-3-6-11)17-22-18-21-10-9-14(25)24(18)23-17/h4,7-11,16H,1-3,5-6H2,(H,21,22,23). The van der Waals surface area contributed by atoms with Crippen molar-refractivity contribution in [2.45, 2.75) is 42.2 Å². The first kappa shape index (κ1) is 17.2. The van der Waals surface area contributed by atoms with Crippen molar-refractivity contribution >= 4 is 17.5 Å². The SMILES string of the molecule is O=c1ccnc2nc(C(Sc3cccc(F)c3F)C3CCCCC3)[nH]n12. The Kier molecular flexibility index (Phi) is 4.76. The smallest absolute Gasteiger partial charge is 0.273 e. The van der Waals surface area contributed by atoms with Gasteiger partial charge in [0, 0.05) is 17.2 Å². The molecule has 0 aliphatic heterocycles. The Hall–Kier alpha value is -2.22. The maximum Gasteiger partial charge on any atom is 0.273 e. The van der Waals surface area contributed by atoms with Crippen LogP contribution in [-0.2, 0) is 0 Å². The second-order valence-corrected chi connectivity index (χ2v) is 7.70. The van der Waals surface area contributed by atoms with E-state index in [0.29, 0.717) is 5.82 Å². The summed E-state index contributed by atoms with van der Waals surface area (Å²) in [5, 5.41) is 2.81. The Morgan fingerprint density at radius 3 is 2.77 bits per heavy atom. The van der Waals surface area contributed by atoms with Gasteiger partial charge in [0.05, 0.1) is 5.25 Å². The number of aromatic nitrogens is 4. The number of halogens is 2. The van der Waals surface area contributed by atoms with Crippen LogP contribution in [0.5, 0.6) is 0 Å². The number of aromatic amines is 1. The van der Waals surface area contributed by atoms with Crippen LogP contribution in [0.25, 0.3) is 5.78 Å². The molecule has 5 nitrogen and oxygen atoms in total. The maximum atomic E-state index is 14.2. The fraction of sp³-hybridized carbons (Fsp3) is 0.389. The van der Waals surface area contributed by atoms with Gasteiger partial charge >= 0.3 is 0 Å². The Morgan fingerprint density at radius 1 is 1.19 bits per heavy atom. The van der Waals surface area contributed by atoms with E-state index in [-0.39, 0.29) is 27.4 Å². The predicted octanol–water partition coefficient (Wildman–Crippen LogP) is 4.11. The van der Waals surface area contributed by atoms with E-state index in [1.165, 1.54) is 41.0 Å². The molecule has 0 spiro atoms. The average molecular weight is 376 g/mol. The number of nitrogens with zero attached hydrogens (tertiary/aromatic N) is 3. The molecule has 1 atom stereocenters. The summed E-state index contributed by atoms with van der Waals surface area (Å²) in [7, 11) is 0. The average Bonchev–Trinajstić information content (AvgIpc) is 3.09. The molecule has 1 unspecified atom stereocenters. The van der Waals surface area contributed by atoms with Gasteiger partial charge < -0.3 is 0 Å². The summed E-state index contributed by atoms with van der Waals surface area (Å²) in [6, 6.07) is 5.54. The third kappa shape index (κ3) is 3.25. The molecule has 1 N–H and O–H groups in total. The van der Waals surface area contributed by atoms with Gasteiger partial charge in [0.1, 0.15) is 5.82 Å². The van der Waals surface area contributed by atoms with Crippen LogP contribution in [0.2, 0.25) is 0 Å². The van der Waals surface area contributed by atoms with E-state index in [2.05, 4.69) is 15.1 Å². The lowest BCUT2D eigenvalue weighted by Crippen LogP contribution is -2.17. The van der Waals surface area contributed by atoms with Crippen molar-refractivity contribution in [1.29, 1.82) is 0 Å². The first-order chi connectivity index (χ1) is 12.6. The van der Waals surface area contributed by atoms with Crippen molar-refractivity contribution < 1.29 is 8.78 Å². The molecule has 2 heterocycles. The number of hydrogen-bond donors (Lipinski definition) is 1.